The predicted molar refractivity (Wildman–Crippen MR) is 130 cm³/mol. The summed E-state index contributed by atoms with van der Waals surface area (Å²) in [6.07, 6.45) is 2.23. The number of ketones is 1. The van der Waals surface area contributed by atoms with Gasteiger partial charge in [-0.05, 0) is 35.7 Å². The molecule has 39 heavy (non-hydrogen) atoms. The van der Waals surface area contributed by atoms with Crippen molar-refractivity contribution in [3.8, 4) is 0 Å². The number of carbonyl (C=O) groups is 3. The molecule has 3 aromatic rings. The normalized spacial score (nSPS) is 13.6. The van der Waals surface area contributed by atoms with Crippen molar-refractivity contribution >= 4 is 23.4 Å². The number of aliphatic hydroxyl groups is 1. The van der Waals surface area contributed by atoms with Crippen LogP contribution < -0.4 is 11.0 Å². The summed E-state index contributed by atoms with van der Waals surface area (Å²) in [5.74, 6) is -7.25. The van der Waals surface area contributed by atoms with Crippen molar-refractivity contribution in [3.05, 3.63) is 111 Å². The van der Waals surface area contributed by atoms with E-state index in [2.05, 4.69) is 5.43 Å². The van der Waals surface area contributed by atoms with Crippen molar-refractivity contribution in [1.82, 2.24) is 15.0 Å². The Kier molecular flexibility index (Phi) is 7.93. The van der Waals surface area contributed by atoms with E-state index in [9.17, 15) is 41.8 Å². The Morgan fingerprint density at radius 3 is 2.18 bits per heavy atom. The molecule has 0 radical (unpaired) electrons. The largest absolute Gasteiger partial charge is 0.507 e. The highest BCUT2D eigenvalue weighted by molar-refractivity contribution is 6.41. The van der Waals surface area contributed by atoms with Gasteiger partial charge in [-0.15, -0.1) is 0 Å². The molecule has 2 amide bonds. The van der Waals surface area contributed by atoms with E-state index in [0.717, 1.165) is 33.8 Å². The summed E-state index contributed by atoms with van der Waals surface area (Å²) in [6, 6.07) is 6.75. The number of hydrazine groups is 1. The van der Waals surface area contributed by atoms with Gasteiger partial charge in [0.25, 0.3) is 5.56 Å². The maximum absolute atomic E-state index is 14.3. The van der Waals surface area contributed by atoms with Crippen LogP contribution in [0.25, 0.3) is 5.76 Å². The number of aliphatic hydroxyl groups excluding tert-OH is 1. The van der Waals surface area contributed by atoms with Gasteiger partial charge < -0.3 is 9.67 Å². The molecular formula is C27H21F4N3O5. The van der Waals surface area contributed by atoms with Crippen molar-refractivity contribution in [2.24, 2.45) is 0 Å². The van der Waals surface area contributed by atoms with Gasteiger partial charge in [0, 0.05) is 49.4 Å². The van der Waals surface area contributed by atoms with Crippen molar-refractivity contribution in [1.29, 1.82) is 0 Å². The molecule has 0 aliphatic carbocycles. The number of hydrogen-bond donors (Lipinski definition) is 2. The fraction of sp³-hybridized carbons (Fsp3) is 0.185. The Morgan fingerprint density at radius 2 is 1.59 bits per heavy atom. The fourth-order valence-electron chi connectivity index (χ4n) is 4.03. The molecule has 8 nitrogen and oxygen atoms in total. The molecule has 4 rings (SSSR count). The summed E-state index contributed by atoms with van der Waals surface area (Å²) in [5.41, 5.74) is 0.904. The van der Waals surface area contributed by atoms with Gasteiger partial charge in [0.2, 0.25) is 11.7 Å². The van der Waals surface area contributed by atoms with Crippen LogP contribution in [0, 0.1) is 23.3 Å². The summed E-state index contributed by atoms with van der Waals surface area (Å²) >= 11 is 0. The lowest BCUT2D eigenvalue weighted by atomic mass is 10.0. The van der Waals surface area contributed by atoms with Crippen LogP contribution in [0.5, 0.6) is 0 Å². The summed E-state index contributed by atoms with van der Waals surface area (Å²) in [7, 11) is 0. The van der Waals surface area contributed by atoms with Gasteiger partial charge in [0.1, 0.15) is 29.0 Å². The smallest absolute Gasteiger partial charge is 0.310 e. The number of pyridine rings is 1. The number of carbonyl (C=O) groups excluding carboxylic acids is 3. The van der Waals surface area contributed by atoms with E-state index in [0.29, 0.717) is 24.6 Å². The standard InChI is InChI=1S/C27H21F4N3O5/c28-18-5-3-16(21(30)10-18)8-15-9-20(23(35)12-24(36)26(38)32-34-7-1-2-25(34)37)27(39)33(13-15)14-17-4-6-19(29)11-22(17)31/h3-6,9-13,35H,1-2,7-8,14H2,(H,32,38). The minimum atomic E-state index is -1.27. The topological polar surface area (TPSA) is 109 Å². The minimum absolute atomic E-state index is 0.0368. The van der Waals surface area contributed by atoms with E-state index in [1.54, 1.807) is 0 Å². The van der Waals surface area contributed by atoms with Crippen molar-refractivity contribution in [2.45, 2.75) is 25.8 Å². The molecule has 12 heteroatoms. The second kappa shape index (κ2) is 11.3. The summed E-state index contributed by atoms with van der Waals surface area (Å²) in [6.45, 7) is -0.212. The predicted octanol–water partition coefficient (Wildman–Crippen LogP) is 3.17. The summed E-state index contributed by atoms with van der Waals surface area (Å²) in [5, 5.41) is 11.6. The molecule has 202 valence electrons. The number of rotatable bonds is 8. The second-order valence-electron chi connectivity index (χ2n) is 8.83. The van der Waals surface area contributed by atoms with Gasteiger partial charge in [-0.3, -0.25) is 29.6 Å². The van der Waals surface area contributed by atoms with Gasteiger partial charge in [-0.25, -0.2) is 17.6 Å². The molecule has 2 N–H and O–H groups in total. The highest BCUT2D eigenvalue weighted by Gasteiger charge is 2.25. The van der Waals surface area contributed by atoms with E-state index in [1.165, 1.54) is 12.3 Å². The molecule has 1 aromatic heterocycles. The number of nitrogens with one attached hydrogen (secondary N) is 1. The Labute approximate surface area is 218 Å². The Morgan fingerprint density at radius 1 is 0.949 bits per heavy atom. The molecule has 0 saturated carbocycles. The van der Waals surface area contributed by atoms with Crippen LogP contribution in [-0.2, 0) is 27.3 Å². The van der Waals surface area contributed by atoms with Gasteiger partial charge in [0.15, 0.2) is 0 Å². The first-order valence-corrected chi connectivity index (χ1v) is 11.7. The molecule has 2 heterocycles. The van der Waals surface area contributed by atoms with Gasteiger partial charge in [0.05, 0.1) is 12.1 Å². The van der Waals surface area contributed by atoms with Crippen LogP contribution in [0.15, 0.2) is 59.5 Å². The van der Waals surface area contributed by atoms with Gasteiger partial charge in [-0.1, -0.05) is 12.1 Å². The molecule has 0 unspecified atom stereocenters. The Balaban J connectivity index is 1.70. The molecule has 0 atom stereocenters. The number of hydrogen-bond acceptors (Lipinski definition) is 5. The SMILES string of the molecule is O=C(C=C(O)c1cc(Cc2ccc(F)cc2F)cn(Cc2ccc(F)cc2F)c1=O)C(=O)NN1CCCC1=O. The lowest BCUT2D eigenvalue weighted by Gasteiger charge is -2.15. The average molecular weight is 543 g/mol. The number of aromatic nitrogens is 1. The quantitative estimate of drug-likeness (QED) is 0.196. The molecule has 0 spiro atoms. The summed E-state index contributed by atoms with van der Waals surface area (Å²) in [4.78, 5) is 49.4. The van der Waals surface area contributed by atoms with Crippen LogP contribution in [0.4, 0.5) is 17.6 Å². The number of nitrogens with zero attached hydrogens (tertiary/aromatic N) is 2. The first-order chi connectivity index (χ1) is 18.5. The van der Waals surface area contributed by atoms with Gasteiger partial charge in [-0.2, -0.15) is 0 Å². The maximum Gasteiger partial charge on any atom is 0.310 e. The lowest BCUT2D eigenvalue weighted by molar-refractivity contribution is -0.143. The number of benzene rings is 2. The van der Waals surface area contributed by atoms with Crippen LogP contribution in [0.3, 0.4) is 0 Å². The highest BCUT2D eigenvalue weighted by atomic mass is 19.1. The van der Waals surface area contributed by atoms with E-state index in [4.69, 9.17) is 0 Å². The monoisotopic (exact) mass is 543 g/mol. The van der Waals surface area contributed by atoms with E-state index in [-0.39, 0.29) is 42.0 Å². The van der Waals surface area contributed by atoms with Gasteiger partial charge >= 0.3 is 5.91 Å². The molecule has 0 bridgehead atoms. The summed E-state index contributed by atoms with van der Waals surface area (Å²) < 4.78 is 56.2. The maximum atomic E-state index is 14.3. The highest BCUT2D eigenvalue weighted by Crippen LogP contribution is 2.18. The first-order valence-electron chi connectivity index (χ1n) is 11.7. The third kappa shape index (κ3) is 6.40. The zero-order valence-electron chi connectivity index (χ0n) is 20.2. The van der Waals surface area contributed by atoms with E-state index < -0.39 is 58.4 Å². The number of halogens is 4. The first kappa shape index (κ1) is 27.3. The molecule has 1 saturated heterocycles. The minimum Gasteiger partial charge on any atom is -0.507 e. The van der Waals surface area contributed by atoms with E-state index >= 15 is 0 Å². The van der Waals surface area contributed by atoms with Crippen molar-refractivity contribution in [2.75, 3.05) is 6.54 Å². The zero-order valence-corrected chi connectivity index (χ0v) is 20.2. The Bertz CT molecular complexity index is 1570. The Hall–Kier alpha value is -4.74. The fourth-order valence-corrected chi connectivity index (χ4v) is 4.03. The van der Waals surface area contributed by atoms with Crippen LogP contribution in [-0.4, -0.2) is 38.8 Å². The van der Waals surface area contributed by atoms with Crippen molar-refractivity contribution < 1.29 is 37.1 Å². The van der Waals surface area contributed by atoms with Crippen molar-refractivity contribution in [3.63, 3.8) is 0 Å². The zero-order chi connectivity index (χ0) is 28.3. The molecule has 1 aliphatic heterocycles. The van der Waals surface area contributed by atoms with E-state index in [1.807, 2.05) is 0 Å². The van der Waals surface area contributed by atoms with Crippen LogP contribution in [0.1, 0.15) is 35.1 Å². The third-order valence-corrected chi connectivity index (χ3v) is 5.99. The van der Waals surface area contributed by atoms with Crippen LogP contribution >= 0.6 is 0 Å². The average Bonchev–Trinajstić information content (AvgIpc) is 3.28. The second-order valence-corrected chi connectivity index (χ2v) is 8.83. The molecule has 1 fully saturated rings. The lowest BCUT2D eigenvalue weighted by Crippen LogP contribution is -2.45. The molecule has 1 aliphatic rings. The molecular weight excluding hydrogens is 522 g/mol. The molecule has 2 aromatic carbocycles. The number of amides is 2. The third-order valence-electron chi connectivity index (χ3n) is 5.99. The van der Waals surface area contributed by atoms with Crippen LogP contribution in [0.2, 0.25) is 0 Å².